The number of halogens is 2. The van der Waals surface area contributed by atoms with Gasteiger partial charge in [0.05, 0.1) is 27.2 Å². The Kier molecular flexibility index (Phi) is 3.60. The third-order valence-electron chi connectivity index (χ3n) is 4.63. The molecular formula is C19H13F2N3O4S. The number of alkyl halides is 2. The van der Waals surface area contributed by atoms with Crippen molar-refractivity contribution < 1.29 is 26.7 Å². The Morgan fingerprint density at radius 2 is 1.76 bits per heavy atom. The first kappa shape index (κ1) is 17.8. The van der Waals surface area contributed by atoms with E-state index < -0.39 is 16.1 Å². The van der Waals surface area contributed by atoms with Gasteiger partial charge in [0.25, 0.3) is 0 Å². The van der Waals surface area contributed by atoms with Crippen molar-refractivity contribution in [1.82, 2.24) is 15.0 Å². The van der Waals surface area contributed by atoms with E-state index in [1.807, 2.05) is 0 Å². The number of nitrogens with one attached hydrogen (secondary N) is 1. The molecule has 2 aromatic heterocycles. The number of sulfone groups is 1. The number of rotatable bonds is 3. The standard InChI is InChI=1S/C19H13F2N3O4S/c1-2-29(25,26)16-7-10-5-3-4-6-11(10)22-17(16)18-23-12-8-14-15(9-13(12)24-18)28-19(20,21)27-14/h3-9H,2H2,1H3,(H,23,24). The lowest BCUT2D eigenvalue weighted by atomic mass is 10.2. The van der Waals surface area contributed by atoms with E-state index in [1.165, 1.54) is 12.1 Å². The van der Waals surface area contributed by atoms with Gasteiger partial charge < -0.3 is 14.5 Å². The molecule has 0 bridgehead atoms. The summed E-state index contributed by atoms with van der Waals surface area (Å²) in [7, 11) is -3.60. The second kappa shape index (κ2) is 5.86. The molecule has 0 aliphatic carbocycles. The Balaban J connectivity index is 1.73. The van der Waals surface area contributed by atoms with E-state index in [-0.39, 0.29) is 33.7 Å². The maximum absolute atomic E-state index is 13.3. The summed E-state index contributed by atoms with van der Waals surface area (Å²) in [5, 5.41) is 0.683. The van der Waals surface area contributed by atoms with Crippen LogP contribution in [0, 0.1) is 0 Å². The zero-order valence-electron chi connectivity index (χ0n) is 14.9. The zero-order chi connectivity index (χ0) is 20.4. The first-order valence-corrected chi connectivity index (χ1v) is 10.3. The van der Waals surface area contributed by atoms with E-state index in [0.29, 0.717) is 21.9 Å². The summed E-state index contributed by atoms with van der Waals surface area (Å²) in [6.45, 7) is 1.55. The van der Waals surface area contributed by atoms with Gasteiger partial charge in [0, 0.05) is 17.5 Å². The molecule has 0 radical (unpaired) electrons. The molecule has 0 atom stereocenters. The number of nitrogens with zero attached hydrogens (tertiary/aromatic N) is 2. The molecule has 7 nitrogen and oxygen atoms in total. The summed E-state index contributed by atoms with van der Waals surface area (Å²) < 4.78 is 60.8. The van der Waals surface area contributed by atoms with Crippen LogP contribution in [0.5, 0.6) is 11.5 Å². The molecule has 148 valence electrons. The zero-order valence-corrected chi connectivity index (χ0v) is 15.8. The largest absolute Gasteiger partial charge is 0.586 e. The van der Waals surface area contributed by atoms with E-state index >= 15 is 0 Å². The number of imidazole rings is 1. The predicted octanol–water partition coefficient (Wildman–Crippen LogP) is 3.89. The van der Waals surface area contributed by atoms with Gasteiger partial charge in [-0.1, -0.05) is 25.1 Å². The molecule has 1 N–H and O–H groups in total. The van der Waals surface area contributed by atoms with E-state index in [9.17, 15) is 17.2 Å². The average Bonchev–Trinajstić information content (AvgIpc) is 3.22. The van der Waals surface area contributed by atoms with Crippen molar-refractivity contribution >= 4 is 31.8 Å². The van der Waals surface area contributed by atoms with Crippen LogP contribution in [0.15, 0.2) is 47.4 Å². The molecule has 0 amide bonds. The first-order chi connectivity index (χ1) is 13.8. The van der Waals surface area contributed by atoms with Crippen molar-refractivity contribution in [3.05, 3.63) is 42.5 Å². The van der Waals surface area contributed by atoms with E-state index in [4.69, 9.17) is 0 Å². The molecule has 5 rings (SSSR count). The molecule has 3 heterocycles. The van der Waals surface area contributed by atoms with Crippen molar-refractivity contribution in [1.29, 1.82) is 0 Å². The topological polar surface area (TPSA) is 94.2 Å². The lowest BCUT2D eigenvalue weighted by Gasteiger charge is -2.09. The number of benzene rings is 2. The van der Waals surface area contributed by atoms with E-state index in [1.54, 1.807) is 37.3 Å². The van der Waals surface area contributed by atoms with Crippen LogP contribution in [0.4, 0.5) is 8.78 Å². The Morgan fingerprint density at radius 3 is 2.52 bits per heavy atom. The number of pyridine rings is 1. The molecular weight excluding hydrogens is 404 g/mol. The SMILES string of the molecule is CCS(=O)(=O)c1cc2ccccc2nc1-c1nc2cc3c(cc2[nH]1)OC(F)(F)O3. The van der Waals surface area contributed by atoms with Gasteiger partial charge in [0.2, 0.25) is 0 Å². The van der Waals surface area contributed by atoms with E-state index in [2.05, 4.69) is 24.4 Å². The number of hydrogen-bond donors (Lipinski definition) is 1. The second-order valence-corrected chi connectivity index (χ2v) is 8.75. The molecule has 4 aromatic rings. The second-order valence-electron chi connectivity index (χ2n) is 6.50. The fraction of sp³-hybridized carbons (Fsp3) is 0.158. The monoisotopic (exact) mass is 417 g/mol. The third kappa shape index (κ3) is 2.87. The van der Waals surface area contributed by atoms with E-state index in [0.717, 1.165) is 0 Å². The Bertz CT molecular complexity index is 1350. The van der Waals surface area contributed by atoms with Crippen LogP contribution < -0.4 is 9.47 Å². The van der Waals surface area contributed by atoms with Crippen molar-refractivity contribution in [2.75, 3.05) is 5.75 Å². The minimum Gasteiger partial charge on any atom is -0.395 e. The highest BCUT2D eigenvalue weighted by molar-refractivity contribution is 7.91. The minimum absolute atomic E-state index is 0.0457. The Morgan fingerprint density at radius 1 is 1.03 bits per heavy atom. The Labute approximate surface area is 163 Å². The van der Waals surface area contributed by atoms with Crippen LogP contribution in [-0.4, -0.2) is 35.4 Å². The average molecular weight is 417 g/mol. The van der Waals surface area contributed by atoms with Crippen molar-refractivity contribution in [3.8, 4) is 23.0 Å². The Hall–Kier alpha value is -3.27. The van der Waals surface area contributed by atoms with Crippen LogP contribution >= 0.6 is 0 Å². The number of para-hydroxylation sites is 1. The van der Waals surface area contributed by atoms with Gasteiger partial charge >= 0.3 is 6.29 Å². The van der Waals surface area contributed by atoms with Crippen molar-refractivity contribution in [2.45, 2.75) is 18.1 Å². The van der Waals surface area contributed by atoms with Gasteiger partial charge in [-0.15, -0.1) is 8.78 Å². The van der Waals surface area contributed by atoms with Gasteiger partial charge in [-0.05, 0) is 12.1 Å². The lowest BCUT2D eigenvalue weighted by Crippen LogP contribution is -2.25. The molecule has 0 saturated heterocycles. The van der Waals surface area contributed by atoms with Gasteiger partial charge in [-0.2, -0.15) is 0 Å². The molecule has 0 unspecified atom stereocenters. The molecule has 1 aliphatic heterocycles. The van der Waals surface area contributed by atoms with Gasteiger partial charge in [-0.25, -0.2) is 18.4 Å². The van der Waals surface area contributed by atoms with Gasteiger partial charge in [0.15, 0.2) is 27.2 Å². The molecule has 0 spiro atoms. The number of H-pyrrole nitrogens is 1. The molecule has 0 fully saturated rings. The predicted molar refractivity (Wildman–Crippen MR) is 101 cm³/mol. The maximum atomic E-state index is 13.3. The van der Waals surface area contributed by atoms with Crippen LogP contribution in [-0.2, 0) is 9.84 Å². The van der Waals surface area contributed by atoms with Crippen molar-refractivity contribution in [3.63, 3.8) is 0 Å². The summed E-state index contributed by atoms with van der Waals surface area (Å²) in [5.41, 5.74) is 1.46. The fourth-order valence-electron chi connectivity index (χ4n) is 3.23. The smallest absolute Gasteiger partial charge is 0.395 e. The minimum atomic E-state index is -3.73. The molecule has 1 aliphatic rings. The molecule has 29 heavy (non-hydrogen) atoms. The van der Waals surface area contributed by atoms with Gasteiger partial charge in [0.1, 0.15) is 5.69 Å². The number of ether oxygens (including phenoxy) is 2. The van der Waals surface area contributed by atoms with Crippen LogP contribution in [0.3, 0.4) is 0 Å². The van der Waals surface area contributed by atoms with Crippen LogP contribution in [0.25, 0.3) is 33.5 Å². The maximum Gasteiger partial charge on any atom is 0.586 e. The highest BCUT2D eigenvalue weighted by Crippen LogP contribution is 2.43. The lowest BCUT2D eigenvalue weighted by molar-refractivity contribution is -0.286. The number of fused-ring (bicyclic) bond motifs is 3. The first-order valence-electron chi connectivity index (χ1n) is 8.68. The fourth-order valence-corrected chi connectivity index (χ4v) is 4.28. The summed E-state index contributed by atoms with van der Waals surface area (Å²) in [6, 6.07) is 11.3. The quantitative estimate of drug-likeness (QED) is 0.544. The number of aromatic nitrogens is 3. The van der Waals surface area contributed by atoms with Gasteiger partial charge in [-0.3, -0.25) is 0 Å². The normalized spacial score (nSPS) is 15.3. The van der Waals surface area contributed by atoms with Crippen LogP contribution in [0.2, 0.25) is 0 Å². The summed E-state index contributed by atoms with van der Waals surface area (Å²) in [5.74, 6) is -0.183. The third-order valence-corrected chi connectivity index (χ3v) is 6.37. The summed E-state index contributed by atoms with van der Waals surface area (Å²) in [6.07, 6.45) is -3.73. The van der Waals surface area contributed by atoms with Crippen LogP contribution in [0.1, 0.15) is 6.92 Å². The van der Waals surface area contributed by atoms with Crippen molar-refractivity contribution in [2.24, 2.45) is 0 Å². The molecule has 0 saturated carbocycles. The highest BCUT2D eigenvalue weighted by atomic mass is 32.2. The number of aromatic amines is 1. The summed E-state index contributed by atoms with van der Waals surface area (Å²) in [4.78, 5) is 11.9. The molecule has 10 heteroatoms. The summed E-state index contributed by atoms with van der Waals surface area (Å²) >= 11 is 0. The highest BCUT2D eigenvalue weighted by Gasteiger charge is 2.43. The molecule has 2 aromatic carbocycles. The number of hydrogen-bond acceptors (Lipinski definition) is 6.